The molecule has 1 saturated heterocycles. The Balaban J connectivity index is 2.35. The molecule has 4 nitrogen and oxygen atoms in total. The highest BCUT2D eigenvalue weighted by molar-refractivity contribution is 5.72. The number of nitrogens with zero attached hydrogens (tertiary/aromatic N) is 1. The van der Waals surface area contributed by atoms with Crippen molar-refractivity contribution in [2.24, 2.45) is 5.92 Å². The Kier molecular flexibility index (Phi) is 3.08. The summed E-state index contributed by atoms with van der Waals surface area (Å²) in [7, 11) is 1.40. The lowest BCUT2D eigenvalue weighted by molar-refractivity contribution is -0.147. The fourth-order valence-corrected chi connectivity index (χ4v) is 1.41. The van der Waals surface area contributed by atoms with Crippen molar-refractivity contribution in [3.05, 3.63) is 0 Å². The van der Waals surface area contributed by atoms with Gasteiger partial charge in [0, 0.05) is 13.1 Å². The minimum atomic E-state index is -0.152. The molecule has 0 aromatic carbocycles. The molecule has 1 fully saturated rings. The van der Waals surface area contributed by atoms with E-state index in [-0.39, 0.29) is 11.9 Å². The highest BCUT2D eigenvalue weighted by Gasteiger charge is 2.24. The highest BCUT2D eigenvalue weighted by Crippen LogP contribution is 2.16. The molecule has 12 heavy (non-hydrogen) atoms. The van der Waals surface area contributed by atoms with Crippen LogP contribution in [0.4, 0.5) is 0 Å². The second-order valence-electron chi connectivity index (χ2n) is 2.94. The highest BCUT2D eigenvalue weighted by atomic mass is 16.5. The van der Waals surface area contributed by atoms with Crippen LogP contribution in [-0.2, 0) is 14.3 Å². The number of likely N-dealkylation sites (tertiary alicyclic amines) is 1. The number of ether oxygens (including phenoxy) is 1. The maximum Gasteiger partial charge on any atom is 0.308 e. The lowest BCUT2D eigenvalue weighted by Crippen LogP contribution is -2.35. The molecule has 0 aromatic rings. The molecule has 0 saturated carbocycles. The van der Waals surface area contributed by atoms with Gasteiger partial charge in [0.1, 0.15) is 0 Å². The van der Waals surface area contributed by atoms with E-state index in [1.54, 1.807) is 4.90 Å². The van der Waals surface area contributed by atoms with E-state index in [2.05, 4.69) is 4.74 Å². The van der Waals surface area contributed by atoms with Gasteiger partial charge in [-0.2, -0.15) is 0 Å². The number of carbonyl (C=O) groups is 2. The monoisotopic (exact) mass is 171 g/mol. The molecule has 4 heteroatoms. The van der Waals surface area contributed by atoms with Gasteiger partial charge in [-0.15, -0.1) is 0 Å². The van der Waals surface area contributed by atoms with E-state index < -0.39 is 0 Å². The first-order chi connectivity index (χ1) is 5.77. The van der Waals surface area contributed by atoms with E-state index in [0.29, 0.717) is 13.1 Å². The molecular weight excluding hydrogens is 158 g/mol. The number of amides is 1. The van der Waals surface area contributed by atoms with E-state index in [9.17, 15) is 9.59 Å². The number of methoxy groups -OCH3 is 1. The Labute approximate surface area is 71.5 Å². The van der Waals surface area contributed by atoms with Gasteiger partial charge in [-0.1, -0.05) is 0 Å². The average molecular weight is 171 g/mol. The standard InChI is InChI=1S/C8H13NO3/c1-12-8(11)7-2-4-9(6-10)5-3-7/h6-7H,2-5H2,1H3. The Morgan fingerprint density at radius 3 is 2.50 bits per heavy atom. The van der Waals surface area contributed by atoms with Crippen LogP contribution in [0.1, 0.15) is 12.8 Å². The first-order valence-electron chi connectivity index (χ1n) is 4.05. The van der Waals surface area contributed by atoms with E-state index in [1.807, 2.05) is 0 Å². The fraction of sp³-hybridized carbons (Fsp3) is 0.750. The molecule has 1 heterocycles. The van der Waals surface area contributed by atoms with Gasteiger partial charge in [-0.25, -0.2) is 0 Å². The van der Waals surface area contributed by atoms with Crippen LogP contribution in [0, 0.1) is 5.92 Å². The third-order valence-corrected chi connectivity index (χ3v) is 2.21. The smallest absolute Gasteiger partial charge is 0.308 e. The predicted molar refractivity (Wildman–Crippen MR) is 42.4 cm³/mol. The minimum Gasteiger partial charge on any atom is -0.469 e. The lowest BCUT2D eigenvalue weighted by atomic mass is 9.97. The summed E-state index contributed by atoms with van der Waals surface area (Å²) in [6, 6.07) is 0. The molecule has 0 aliphatic carbocycles. The van der Waals surface area contributed by atoms with Crippen LogP contribution >= 0.6 is 0 Å². The lowest BCUT2D eigenvalue weighted by Gasteiger charge is -2.27. The molecule has 0 unspecified atom stereocenters. The summed E-state index contributed by atoms with van der Waals surface area (Å²) >= 11 is 0. The number of esters is 1. The normalized spacial score (nSPS) is 18.9. The minimum absolute atomic E-state index is 0.00815. The number of hydrogen-bond acceptors (Lipinski definition) is 3. The Morgan fingerprint density at radius 1 is 1.50 bits per heavy atom. The number of carbonyl (C=O) groups excluding carboxylic acids is 2. The van der Waals surface area contributed by atoms with E-state index in [1.165, 1.54) is 7.11 Å². The molecule has 1 rings (SSSR count). The maximum atomic E-state index is 11.0. The quantitative estimate of drug-likeness (QED) is 0.435. The molecule has 1 aliphatic rings. The Bertz CT molecular complexity index is 173. The molecule has 0 bridgehead atoms. The second-order valence-corrected chi connectivity index (χ2v) is 2.94. The van der Waals surface area contributed by atoms with E-state index in [4.69, 9.17) is 0 Å². The topological polar surface area (TPSA) is 46.6 Å². The molecule has 1 aliphatic heterocycles. The molecule has 0 atom stereocenters. The number of hydrogen-bond donors (Lipinski definition) is 0. The van der Waals surface area contributed by atoms with Crippen LogP contribution in [0.25, 0.3) is 0 Å². The zero-order chi connectivity index (χ0) is 8.97. The van der Waals surface area contributed by atoms with Gasteiger partial charge in [0.15, 0.2) is 0 Å². The van der Waals surface area contributed by atoms with Crippen molar-refractivity contribution in [3.8, 4) is 0 Å². The number of piperidine rings is 1. The summed E-state index contributed by atoms with van der Waals surface area (Å²) in [6.07, 6.45) is 2.28. The van der Waals surface area contributed by atoms with Crippen molar-refractivity contribution < 1.29 is 14.3 Å². The van der Waals surface area contributed by atoms with Crippen LogP contribution in [0.2, 0.25) is 0 Å². The summed E-state index contributed by atoms with van der Waals surface area (Å²) in [6.45, 7) is 1.34. The summed E-state index contributed by atoms with van der Waals surface area (Å²) in [5.41, 5.74) is 0. The summed E-state index contributed by atoms with van der Waals surface area (Å²) in [5.74, 6) is -0.160. The van der Waals surface area contributed by atoms with Crippen molar-refractivity contribution in [2.75, 3.05) is 20.2 Å². The maximum absolute atomic E-state index is 11.0. The van der Waals surface area contributed by atoms with Crippen LogP contribution < -0.4 is 0 Å². The van der Waals surface area contributed by atoms with Gasteiger partial charge in [0.25, 0.3) is 0 Å². The van der Waals surface area contributed by atoms with Crippen molar-refractivity contribution in [3.63, 3.8) is 0 Å². The van der Waals surface area contributed by atoms with Gasteiger partial charge in [0.2, 0.25) is 6.41 Å². The van der Waals surface area contributed by atoms with Crippen molar-refractivity contribution in [1.29, 1.82) is 0 Å². The average Bonchev–Trinajstić information content (AvgIpc) is 2.17. The third kappa shape index (κ3) is 1.96. The first-order valence-corrected chi connectivity index (χ1v) is 4.05. The van der Waals surface area contributed by atoms with E-state index in [0.717, 1.165) is 19.3 Å². The second kappa shape index (κ2) is 4.09. The number of rotatable bonds is 2. The largest absolute Gasteiger partial charge is 0.469 e. The van der Waals surface area contributed by atoms with Crippen molar-refractivity contribution >= 4 is 12.4 Å². The van der Waals surface area contributed by atoms with Gasteiger partial charge >= 0.3 is 5.97 Å². The fourth-order valence-electron chi connectivity index (χ4n) is 1.41. The first kappa shape index (κ1) is 9.03. The van der Waals surface area contributed by atoms with Crippen LogP contribution in [0.3, 0.4) is 0 Å². The molecule has 0 N–H and O–H groups in total. The summed E-state index contributed by atoms with van der Waals surface area (Å²) < 4.78 is 4.61. The van der Waals surface area contributed by atoms with Gasteiger partial charge in [-0.05, 0) is 12.8 Å². The molecule has 0 aromatic heterocycles. The predicted octanol–water partition coefficient (Wildman–Crippen LogP) is 0.0278. The molecule has 0 spiro atoms. The van der Waals surface area contributed by atoms with Gasteiger partial charge < -0.3 is 9.64 Å². The van der Waals surface area contributed by atoms with Crippen molar-refractivity contribution in [1.82, 2.24) is 4.90 Å². The van der Waals surface area contributed by atoms with Crippen LogP contribution in [-0.4, -0.2) is 37.5 Å². The zero-order valence-corrected chi connectivity index (χ0v) is 7.16. The molecule has 68 valence electrons. The third-order valence-electron chi connectivity index (χ3n) is 2.21. The van der Waals surface area contributed by atoms with Crippen LogP contribution in [0.15, 0.2) is 0 Å². The SMILES string of the molecule is COC(=O)C1CCN(C=O)CC1. The van der Waals surface area contributed by atoms with Gasteiger partial charge in [-0.3, -0.25) is 9.59 Å². The zero-order valence-electron chi connectivity index (χ0n) is 7.16. The molecular formula is C8H13NO3. The van der Waals surface area contributed by atoms with E-state index >= 15 is 0 Å². The summed E-state index contributed by atoms with van der Waals surface area (Å²) in [5, 5.41) is 0. The van der Waals surface area contributed by atoms with Crippen molar-refractivity contribution in [2.45, 2.75) is 12.8 Å². The Morgan fingerprint density at radius 2 is 2.08 bits per heavy atom. The summed E-state index contributed by atoms with van der Waals surface area (Å²) in [4.78, 5) is 23.0. The van der Waals surface area contributed by atoms with Crippen LogP contribution in [0.5, 0.6) is 0 Å². The van der Waals surface area contributed by atoms with Gasteiger partial charge in [0.05, 0.1) is 13.0 Å². The Hall–Kier alpha value is -1.06. The molecule has 1 amide bonds. The molecule has 0 radical (unpaired) electrons.